The average Bonchev–Trinajstić information content (AvgIpc) is 2.14. The van der Waals surface area contributed by atoms with Crippen molar-refractivity contribution in [1.29, 1.82) is 0 Å². The monoisotopic (exact) mass is 249 g/mol. The summed E-state index contributed by atoms with van der Waals surface area (Å²) in [6.45, 7) is 22.4. The SMILES string of the molecule is CB1N(C(C)C)B(C)N(C(C)C)B(C)N1C(C)C. The predicted octanol–water partition coefficient (Wildman–Crippen LogP) is 2.49. The molecule has 1 heterocycles. The Hall–Kier alpha value is 0.0748. The normalized spacial score (nSPS) is 21.0. The van der Waals surface area contributed by atoms with Crippen LogP contribution in [0.4, 0.5) is 0 Å². The molecule has 6 heteroatoms. The Labute approximate surface area is 116 Å². The molecule has 18 heavy (non-hydrogen) atoms. The highest BCUT2D eigenvalue weighted by Gasteiger charge is 2.48. The van der Waals surface area contributed by atoms with Gasteiger partial charge in [0.05, 0.1) is 0 Å². The maximum atomic E-state index is 2.62. The van der Waals surface area contributed by atoms with Crippen molar-refractivity contribution < 1.29 is 0 Å². The lowest BCUT2D eigenvalue weighted by molar-refractivity contribution is 0.350. The molecular formula is C12H30B3N3. The van der Waals surface area contributed by atoms with Gasteiger partial charge in [-0.05, 0) is 18.1 Å². The van der Waals surface area contributed by atoms with Gasteiger partial charge < -0.3 is 14.2 Å². The molecular weight excluding hydrogens is 219 g/mol. The van der Waals surface area contributed by atoms with Gasteiger partial charge in [-0.25, -0.2) is 0 Å². The molecule has 0 aromatic rings. The zero-order valence-electron chi connectivity index (χ0n) is 13.8. The molecule has 0 radical (unpaired) electrons. The first-order valence-electron chi connectivity index (χ1n) is 7.52. The lowest BCUT2D eigenvalue weighted by Gasteiger charge is -2.56. The third kappa shape index (κ3) is 2.81. The van der Waals surface area contributed by atoms with Gasteiger partial charge in [0.2, 0.25) is 0 Å². The molecule has 102 valence electrons. The van der Waals surface area contributed by atoms with Gasteiger partial charge in [-0.3, -0.25) is 0 Å². The zero-order valence-corrected chi connectivity index (χ0v) is 13.8. The highest BCUT2D eigenvalue weighted by atomic mass is 15.3. The van der Waals surface area contributed by atoms with Crippen LogP contribution in [0.3, 0.4) is 0 Å². The highest BCUT2D eigenvalue weighted by molar-refractivity contribution is 6.85. The summed E-state index contributed by atoms with van der Waals surface area (Å²) < 4.78 is 7.88. The van der Waals surface area contributed by atoms with Crippen molar-refractivity contribution in [2.75, 3.05) is 0 Å². The molecule has 0 amide bonds. The van der Waals surface area contributed by atoms with E-state index in [0.717, 1.165) is 0 Å². The second-order valence-corrected chi connectivity index (χ2v) is 6.52. The van der Waals surface area contributed by atoms with E-state index in [1.807, 2.05) is 0 Å². The summed E-state index contributed by atoms with van der Waals surface area (Å²) in [6.07, 6.45) is 0. The zero-order chi connectivity index (χ0) is 14.2. The fourth-order valence-corrected chi connectivity index (χ4v) is 3.99. The fourth-order valence-electron chi connectivity index (χ4n) is 3.99. The van der Waals surface area contributed by atoms with Crippen molar-refractivity contribution in [2.45, 2.75) is 80.1 Å². The summed E-state index contributed by atoms with van der Waals surface area (Å²) in [7, 11) is 0. The molecule has 3 nitrogen and oxygen atoms in total. The third-order valence-electron chi connectivity index (χ3n) is 4.38. The lowest BCUT2D eigenvalue weighted by Crippen LogP contribution is -2.78. The van der Waals surface area contributed by atoms with Crippen LogP contribution in [0.5, 0.6) is 0 Å². The first-order valence-corrected chi connectivity index (χ1v) is 7.52. The molecule has 0 aromatic heterocycles. The molecule has 1 fully saturated rings. The Bertz CT molecular complexity index is 218. The van der Waals surface area contributed by atoms with Crippen LogP contribution >= 0.6 is 0 Å². The second kappa shape index (κ2) is 6.02. The molecule has 0 N–H and O–H groups in total. The van der Waals surface area contributed by atoms with Crippen molar-refractivity contribution in [2.24, 2.45) is 0 Å². The molecule has 0 aliphatic carbocycles. The van der Waals surface area contributed by atoms with Gasteiger partial charge in [-0.1, -0.05) is 62.0 Å². The van der Waals surface area contributed by atoms with Crippen molar-refractivity contribution in [1.82, 2.24) is 14.2 Å². The smallest absolute Gasteiger partial charge is 0.287 e. The van der Waals surface area contributed by atoms with Gasteiger partial charge in [-0.15, -0.1) is 0 Å². The molecule has 1 rings (SSSR count). The summed E-state index contributed by atoms with van der Waals surface area (Å²) in [5.41, 5.74) is 0. The number of hydrogen-bond acceptors (Lipinski definition) is 3. The van der Waals surface area contributed by atoms with Crippen LogP contribution in [0.2, 0.25) is 20.5 Å². The van der Waals surface area contributed by atoms with Crippen LogP contribution in [-0.2, 0) is 0 Å². The van der Waals surface area contributed by atoms with Gasteiger partial charge >= 0.3 is 0 Å². The lowest BCUT2D eigenvalue weighted by atomic mass is 9.43. The van der Waals surface area contributed by atoms with E-state index in [0.29, 0.717) is 39.1 Å². The van der Waals surface area contributed by atoms with E-state index < -0.39 is 0 Å². The van der Waals surface area contributed by atoms with Crippen LogP contribution in [0.1, 0.15) is 41.5 Å². The summed E-state index contributed by atoms with van der Waals surface area (Å²) in [5.74, 6) is 0. The van der Waals surface area contributed by atoms with Crippen LogP contribution in [-0.4, -0.2) is 53.2 Å². The molecule has 1 aliphatic heterocycles. The van der Waals surface area contributed by atoms with Gasteiger partial charge in [0.1, 0.15) is 0 Å². The summed E-state index contributed by atoms with van der Waals surface area (Å²) >= 11 is 0. The first-order chi connectivity index (χ1) is 8.20. The quantitative estimate of drug-likeness (QED) is 0.711. The van der Waals surface area contributed by atoms with E-state index in [4.69, 9.17) is 0 Å². The molecule has 0 aromatic carbocycles. The van der Waals surface area contributed by atoms with Crippen LogP contribution in [0.15, 0.2) is 0 Å². The summed E-state index contributed by atoms with van der Waals surface area (Å²) in [6, 6.07) is 1.72. The second-order valence-electron chi connectivity index (χ2n) is 6.52. The van der Waals surface area contributed by atoms with Gasteiger partial charge in [0.15, 0.2) is 0 Å². The third-order valence-corrected chi connectivity index (χ3v) is 4.38. The van der Waals surface area contributed by atoms with Crippen LogP contribution in [0.25, 0.3) is 0 Å². The molecule has 0 unspecified atom stereocenters. The number of hydrogen-bond donors (Lipinski definition) is 0. The van der Waals surface area contributed by atoms with Gasteiger partial charge in [0.25, 0.3) is 20.9 Å². The standard InChI is InChI=1S/C12H30B3N3/c1-10(2)16-13(7)17(11(3)4)15(9)18(12(5)6)14(16)8/h10-12H,1-9H3. The van der Waals surface area contributed by atoms with Crippen molar-refractivity contribution in [3.05, 3.63) is 0 Å². The molecule has 0 saturated carbocycles. The Morgan fingerprint density at radius 3 is 0.778 bits per heavy atom. The highest BCUT2D eigenvalue weighted by Crippen LogP contribution is 2.25. The topological polar surface area (TPSA) is 9.72 Å². The van der Waals surface area contributed by atoms with E-state index >= 15 is 0 Å². The summed E-state index contributed by atoms with van der Waals surface area (Å²) in [5, 5.41) is 0. The fraction of sp³-hybridized carbons (Fsp3) is 1.00. The Balaban J connectivity index is 3.10. The van der Waals surface area contributed by atoms with E-state index in [9.17, 15) is 0 Å². The predicted molar refractivity (Wildman–Crippen MR) is 85.8 cm³/mol. The van der Waals surface area contributed by atoms with Crippen molar-refractivity contribution in [3.63, 3.8) is 0 Å². The van der Waals surface area contributed by atoms with E-state index in [-0.39, 0.29) is 0 Å². The molecule has 1 saturated heterocycles. The van der Waals surface area contributed by atoms with E-state index in [2.05, 4.69) is 76.2 Å². The first kappa shape index (κ1) is 16.1. The van der Waals surface area contributed by atoms with Crippen LogP contribution < -0.4 is 0 Å². The van der Waals surface area contributed by atoms with Gasteiger partial charge in [-0.2, -0.15) is 0 Å². The molecule has 1 aliphatic rings. The van der Waals surface area contributed by atoms with Gasteiger partial charge in [0, 0.05) is 0 Å². The maximum Gasteiger partial charge on any atom is 0.287 e. The van der Waals surface area contributed by atoms with Crippen LogP contribution in [0, 0.1) is 0 Å². The minimum absolute atomic E-state index is 0.505. The largest absolute Gasteiger partial charge is 0.355 e. The maximum absolute atomic E-state index is 2.62. The molecule has 0 bridgehead atoms. The number of rotatable bonds is 3. The molecule has 0 atom stereocenters. The van der Waals surface area contributed by atoms with Crippen molar-refractivity contribution in [3.8, 4) is 0 Å². The average molecular weight is 249 g/mol. The Morgan fingerprint density at radius 2 is 0.667 bits per heavy atom. The van der Waals surface area contributed by atoms with Crippen molar-refractivity contribution >= 4 is 20.9 Å². The van der Waals surface area contributed by atoms with E-state index in [1.54, 1.807) is 0 Å². The minimum atomic E-state index is 0.505. The summed E-state index contributed by atoms with van der Waals surface area (Å²) in [4.78, 5) is 0. The Morgan fingerprint density at radius 1 is 0.500 bits per heavy atom. The minimum Gasteiger partial charge on any atom is -0.355 e. The molecule has 0 spiro atoms. The Kier molecular flexibility index (Phi) is 5.39. The number of nitrogens with zero attached hydrogens (tertiary/aromatic N) is 3. The van der Waals surface area contributed by atoms with E-state index in [1.165, 1.54) is 0 Å².